The van der Waals surface area contributed by atoms with E-state index in [-0.39, 0.29) is 5.75 Å². The minimum atomic E-state index is 0.245. The standard InChI is InChI=1S/C11H15NO2/c1-12-7-3-4-9-8-10(13)5-6-11(9)14-2/h3-6,8,12-13H,7H2,1-2H3. The van der Waals surface area contributed by atoms with Crippen molar-refractivity contribution in [2.24, 2.45) is 0 Å². The van der Waals surface area contributed by atoms with Crippen molar-refractivity contribution < 1.29 is 9.84 Å². The van der Waals surface area contributed by atoms with E-state index in [1.807, 2.05) is 19.2 Å². The first kappa shape index (κ1) is 10.6. The molecule has 3 nitrogen and oxygen atoms in total. The first-order valence-corrected chi connectivity index (χ1v) is 4.46. The van der Waals surface area contributed by atoms with Gasteiger partial charge in [0.25, 0.3) is 0 Å². The number of hydrogen-bond acceptors (Lipinski definition) is 3. The van der Waals surface area contributed by atoms with Crippen LogP contribution in [-0.2, 0) is 0 Å². The van der Waals surface area contributed by atoms with Crippen molar-refractivity contribution in [1.82, 2.24) is 5.32 Å². The maximum absolute atomic E-state index is 9.28. The van der Waals surface area contributed by atoms with E-state index in [4.69, 9.17) is 4.74 Å². The molecular formula is C11H15NO2. The molecule has 1 rings (SSSR count). The van der Waals surface area contributed by atoms with Crippen molar-refractivity contribution in [1.29, 1.82) is 0 Å². The molecule has 0 amide bonds. The SMILES string of the molecule is CNCC=Cc1cc(O)ccc1OC. The zero-order chi connectivity index (χ0) is 10.4. The van der Waals surface area contributed by atoms with Crippen LogP contribution in [0.5, 0.6) is 11.5 Å². The number of rotatable bonds is 4. The number of phenols is 1. The van der Waals surface area contributed by atoms with Crippen LogP contribution in [0, 0.1) is 0 Å². The Balaban J connectivity index is 2.87. The first-order chi connectivity index (χ1) is 6.77. The highest BCUT2D eigenvalue weighted by molar-refractivity contribution is 5.59. The van der Waals surface area contributed by atoms with Crippen LogP contribution in [0.15, 0.2) is 24.3 Å². The van der Waals surface area contributed by atoms with E-state index in [1.165, 1.54) is 0 Å². The van der Waals surface area contributed by atoms with Crippen LogP contribution in [0.3, 0.4) is 0 Å². The van der Waals surface area contributed by atoms with Crippen molar-refractivity contribution in [3.05, 3.63) is 29.8 Å². The molecule has 0 atom stereocenters. The Morgan fingerprint density at radius 3 is 2.93 bits per heavy atom. The molecule has 0 aliphatic rings. The Morgan fingerprint density at radius 1 is 1.50 bits per heavy atom. The van der Waals surface area contributed by atoms with E-state index in [1.54, 1.807) is 25.3 Å². The highest BCUT2D eigenvalue weighted by Crippen LogP contribution is 2.24. The van der Waals surface area contributed by atoms with Gasteiger partial charge in [-0.2, -0.15) is 0 Å². The van der Waals surface area contributed by atoms with Crippen LogP contribution in [0.1, 0.15) is 5.56 Å². The molecule has 1 aromatic rings. The summed E-state index contributed by atoms with van der Waals surface area (Å²) in [5, 5.41) is 12.3. The third kappa shape index (κ3) is 2.78. The lowest BCUT2D eigenvalue weighted by molar-refractivity contribution is 0.411. The molecule has 0 bridgehead atoms. The van der Waals surface area contributed by atoms with E-state index in [0.29, 0.717) is 0 Å². The Morgan fingerprint density at radius 2 is 2.29 bits per heavy atom. The fourth-order valence-electron chi connectivity index (χ4n) is 1.16. The second kappa shape index (κ2) is 5.29. The predicted octanol–water partition coefficient (Wildman–Crippen LogP) is 1.63. The highest BCUT2D eigenvalue weighted by Gasteiger charge is 1.99. The summed E-state index contributed by atoms with van der Waals surface area (Å²) < 4.78 is 5.15. The van der Waals surface area contributed by atoms with Crippen LogP contribution >= 0.6 is 0 Å². The second-order valence-electron chi connectivity index (χ2n) is 2.89. The average molecular weight is 193 g/mol. The Hall–Kier alpha value is -1.48. The molecule has 0 saturated heterocycles. The lowest BCUT2D eigenvalue weighted by Gasteiger charge is -2.04. The van der Waals surface area contributed by atoms with Crippen LogP contribution in [0.2, 0.25) is 0 Å². The fourth-order valence-corrected chi connectivity index (χ4v) is 1.16. The quantitative estimate of drug-likeness (QED) is 0.763. The van der Waals surface area contributed by atoms with Crippen LogP contribution in [0.4, 0.5) is 0 Å². The molecule has 0 radical (unpaired) electrons. The van der Waals surface area contributed by atoms with Crippen molar-refractivity contribution >= 4 is 6.08 Å². The largest absolute Gasteiger partial charge is 0.508 e. The molecule has 2 N–H and O–H groups in total. The van der Waals surface area contributed by atoms with Gasteiger partial charge in [0.05, 0.1) is 7.11 Å². The normalized spacial score (nSPS) is 10.7. The molecule has 76 valence electrons. The summed E-state index contributed by atoms with van der Waals surface area (Å²) in [5.41, 5.74) is 0.878. The number of hydrogen-bond donors (Lipinski definition) is 2. The van der Waals surface area contributed by atoms with E-state index in [9.17, 15) is 5.11 Å². The van der Waals surface area contributed by atoms with Gasteiger partial charge in [-0.25, -0.2) is 0 Å². The summed E-state index contributed by atoms with van der Waals surface area (Å²) in [6.45, 7) is 0.790. The molecule has 0 saturated carbocycles. The predicted molar refractivity (Wildman–Crippen MR) is 57.6 cm³/mol. The summed E-state index contributed by atoms with van der Waals surface area (Å²) in [5.74, 6) is 1.00. The summed E-state index contributed by atoms with van der Waals surface area (Å²) in [4.78, 5) is 0. The summed E-state index contributed by atoms with van der Waals surface area (Å²) >= 11 is 0. The van der Waals surface area contributed by atoms with Gasteiger partial charge in [-0.1, -0.05) is 12.2 Å². The van der Waals surface area contributed by atoms with Crippen LogP contribution in [0.25, 0.3) is 6.08 Å². The van der Waals surface area contributed by atoms with Gasteiger partial charge in [-0.05, 0) is 25.2 Å². The number of nitrogens with one attached hydrogen (secondary N) is 1. The molecule has 0 aliphatic heterocycles. The number of ether oxygens (including phenoxy) is 1. The van der Waals surface area contributed by atoms with Gasteiger partial charge in [0.1, 0.15) is 11.5 Å². The lowest BCUT2D eigenvalue weighted by Crippen LogP contribution is -2.03. The number of likely N-dealkylation sites (N-methyl/N-ethyl adjacent to an activating group) is 1. The van der Waals surface area contributed by atoms with Crippen molar-refractivity contribution in [3.63, 3.8) is 0 Å². The molecule has 0 unspecified atom stereocenters. The van der Waals surface area contributed by atoms with E-state index < -0.39 is 0 Å². The van der Waals surface area contributed by atoms with Gasteiger partial charge in [0, 0.05) is 12.1 Å². The zero-order valence-corrected chi connectivity index (χ0v) is 8.45. The molecule has 1 aromatic carbocycles. The molecule has 0 aromatic heterocycles. The van der Waals surface area contributed by atoms with Crippen LogP contribution < -0.4 is 10.1 Å². The molecule has 0 spiro atoms. The van der Waals surface area contributed by atoms with E-state index >= 15 is 0 Å². The Bertz CT molecular complexity index is 321. The summed E-state index contributed by atoms with van der Waals surface area (Å²) in [7, 11) is 3.49. The second-order valence-corrected chi connectivity index (χ2v) is 2.89. The van der Waals surface area contributed by atoms with Gasteiger partial charge in [0.15, 0.2) is 0 Å². The number of aromatic hydroxyl groups is 1. The lowest BCUT2D eigenvalue weighted by atomic mass is 10.1. The Labute approximate surface area is 84.0 Å². The molecule has 0 aliphatic carbocycles. The topological polar surface area (TPSA) is 41.5 Å². The minimum absolute atomic E-state index is 0.245. The highest BCUT2D eigenvalue weighted by atomic mass is 16.5. The maximum atomic E-state index is 9.28. The minimum Gasteiger partial charge on any atom is -0.508 e. The van der Waals surface area contributed by atoms with E-state index in [2.05, 4.69) is 5.32 Å². The third-order valence-corrected chi connectivity index (χ3v) is 1.83. The van der Waals surface area contributed by atoms with Gasteiger partial charge in [-0.15, -0.1) is 0 Å². The number of benzene rings is 1. The van der Waals surface area contributed by atoms with Gasteiger partial charge < -0.3 is 15.2 Å². The smallest absolute Gasteiger partial charge is 0.126 e. The molecule has 14 heavy (non-hydrogen) atoms. The average Bonchev–Trinajstić information content (AvgIpc) is 2.19. The number of methoxy groups -OCH3 is 1. The molecular weight excluding hydrogens is 178 g/mol. The monoisotopic (exact) mass is 193 g/mol. The third-order valence-electron chi connectivity index (χ3n) is 1.83. The van der Waals surface area contributed by atoms with Gasteiger partial charge in [0.2, 0.25) is 0 Å². The van der Waals surface area contributed by atoms with Crippen molar-refractivity contribution in [2.45, 2.75) is 0 Å². The first-order valence-electron chi connectivity index (χ1n) is 4.46. The zero-order valence-electron chi connectivity index (χ0n) is 8.45. The summed E-state index contributed by atoms with van der Waals surface area (Å²) in [6.07, 6.45) is 3.88. The Kier molecular flexibility index (Phi) is 4.01. The summed E-state index contributed by atoms with van der Waals surface area (Å²) in [6, 6.07) is 5.02. The van der Waals surface area contributed by atoms with Crippen molar-refractivity contribution in [2.75, 3.05) is 20.7 Å². The van der Waals surface area contributed by atoms with E-state index in [0.717, 1.165) is 17.9 Å². The molecule has 3 heteroatoms. The van der Waals surface area contributed by atoms with Gasteiger partial charge >= 0.3 is 0 Å². The van der Waals surface area contributed by atoms with Gasteiger partial charge in [-0.3, -0.25) is 0 Å². The van der Waals surface area contributed by atoms with Crippen LogP contribution in [-0.4, -0.2) is 25.8 Å². The maximum Gasteiger partial charge on any atom is 0.126 e. The fraction of sp³-hybridized carbons (Fsp3) is 0.273. The van der Waals surface area contributed by atoms with Crippen molar-refractivity contribution in [3.8, 4) is 11.5 Å². The molecule has 0 heterocycles. The molecule has 0 fully saturated rings. The number of phenolic OH excluding ortho intramolecular Hbond substituents is 1.